The molecule has 0 saturated carbocycles. The second-order valence-corrected chi connectivity index (χ2v) is 7.92. The SMILES string of the molecule is CCOCCn1c(=NC(=O)/C=C/c2cccs2)sc2c(C)cc(C)cc21. The number of amides is 1. The van der Waals surface area contributed by atoms with Crippen LogP contribution in [0, 0.1) is 13.8 Å². The number of benzene rings is 1. The quantitative estimate of drug-likeness (QED) is 0.460. The Bertz CT molecular complexity index is 995. The lowest BCUT2D eigenvalue weighted by molar-refractivity contribution is -0.113. The predicted octanol–water partition coefficient (Wildman–Crippen LogP) is 4.56. The van der Waals surface area contributed by atoms with Crippen molar-refractivity contribution < 1.29 is 9.53 Å². The molecule has 0 fully saturated rings. The van der Waals surface area contributed by atoms with Gasteiger partial charge >= 0.3 is 0 Å². The number of hydrogen-bond donors (Lipinski definition) is 0. The molecule has 0 unspecified atom stereocenters. The smallest absolute Gasteiger partial charge is 0.272 e. The van der Waals surface area contributed by atoms with Gasteiger partial charge in [-0.1, -0.05) is 23.5 Å². The van der Waals surface area contributed by atoms with E-state index in [0.717, 1.165) is 10.4 Å². The summed E-state index contributed by atoms with van der Waals surface area (Å²) in [5.74, 6) is -0.246. The Morgan fingerprint density at radius 3 is 2.92 bits per heavy atom. The molecule has 2 aromatic heterocycles. The standard InChI is InChI=1S/C20H22N2O2S2/c1-4-24-10-9-22-17-13-14(2)12-15(3)19(17)26-20(22)21-18(23)8-7-16-6-5-11-25-16/h5-8,11-13H,4,9-10H2,1-3H3/b8-7+,21-20?. The Morgan fingerprint density at radius 1 is 1.35 bits per heavy atom. The van der Waals surface area contributed by atoms with E-state index in [1.54, 1.807) is 22.7 Å². The van der Waals surface area contributed by atoms with Gasteiger partial charge in [0.05, 0.1) is 16.8 Å². The van der Waals surface area contributed by atoms with Crippen LogP contribution in [0.3, 0.4) is 0 Å². The average molecular weight is 387 g/mol. The minimum absolute atomic E-state index is 0.246. The molecule has 0 atom stereocenters. The highest BCUT2D eigenvalue weighted by atomic mass is 32.1. The predicted molar refractivity (Wildman–Crippen MR) is 110 cm³/mol. The molecule has 1 aromatic carbocycles. The second kappa shape index (κ2) is 8.58. The molecule has 0 aliphatic carbocycles. The molecule has 0 radical (unpaired) electrons. The molecular weight excluding hydrogens is 364 g/mol. The lowest BCUT2D eigenvalue weighted by atomic mass is 10.1. The maximum Gasteiger partial charge on any atom is 0.272 e. The molecule has 0 N–H and O–H groups in total. The van der Waals surface area contributed by atoms with E-state index in [1.165, 1.54) is 21.9 Å². The van der Waals surface area contributed by atoms with Gasteiger partial charge in [-0.3, -0.25) is 4.79 Å². The fourth-order valence-corrected chi connectivity index (χ4v) is 4.51. The normalized spacial score (nSPS) is 12.5. The van der Waals surface area contributed by atoms with Gasteiger partial charge < -0.3 is 9.30 Å². The summed E-state index contributed by atoms with van der Waals surface area (Å²) in [5.41, 5.74) is 3.52. The van der Waals surface area contributed by atoms with E-state index in [2.05, 4.69) is 35.5 Å². The fraction of sp³-hybridized carbons (Fsp3) is 0.300. The average Bonchev–Trinajstić information content (AvgIpc) is 3.22. The highest BCUT2D eigenvalue weighted by molar-refractivity contribution is 7.16. The van der Waals surface area contributed by atoms with E-state index in [9.17, 15) is 4.79 Å². The molecule has 0 bridgehead atoms. The van der Waals surface area contributed by atoms with Gasteiger partial charge in [-0.15, -0.1) is 11.3 Å². The molecule has 0 aliphatic rings. The molecule has 1 amide bonds. The Balaban J connectivity index is 2.01. The molecule has 0 spiro atoms. The molecule has 136 valence electrons. The van der Waals surface area contributed by atoms with Crippen LogP contribution in [0.25, 0.3) is 16.3 Å². The number of aryl methyl sites for hydroxylation is 2. The number of hydrogen-bond acceptors (Lipinski definition) is 4. The van der Waals surface area contributed by atoms with Gasteiger partial charge in [-0.2, -0.15) is 4.99 Å². The van der Waals surface area contributed by atoms with Gasteiger partial charge in [0, 0.05) is 24.1 Å². The third kappa shape index (κ3) is 4.38. The number of ether oxygens (including phenoxy) is 1. The number of aromatic nitrogens is 1. The van der Waals surface area contributed by atoms with E-state index in [-0.39, 0.29) is 5.91 Å². The highest BCUT2D eigenvalue weighted by Crippen LogP contribution is 2.23. The van der Waals surface area contributed by atoms with Crippen molar-refractivity contribution >= 4 is 44.9 Å². The van der Waals surface area contributed by atoms with Crippen LogP contribution in [0.5, 0.6) is 0 Å². The molecular formula is C20H22N2O2S2. The first-order chi connectivity index (χ1) is 12.6. The van der Waals surface area contributed by atoms with E-state index in [0.29, 0.717) is 24.6 Å². The Morgan fingerprint density at radius 2 is 2.19 bits per heavy atom. The third-order valence-electron chi connectivity index (χ3n) is 3.92. The van der Waals surface area contributed by atoms with Crippen molar-refractivity contribution in [3.05, 3.63) is 56.5 Å². The van der Waals surface area contributed by atoms with Crippen molar-refractivity contribution in [3.63, 3.8) is 0 Å². The van der Waals surface area contributed by atoms with Gasteiger partial charge in [0.1, 0.15) is 0 Å². The first-order valence-electron chi connectivity index (χ1n) is 8.57. The summed E-state index contributed by atoms with van der Waals surface area (Å²) in [7, 11) is 0. The minimum Gasteiger partial charge on any atom is -0.380 e. The van der Waals surface area contributed by atoms with Crippen molar-refractivity contribution in [1.29, 1.82) is 0 Å². The Hall–Kier alpha value is -2.02. The van der Waals surface area contributed by atoms with Crippen molar-refractivity contribution in [2.75, 3.05) is 13.2 Å². The van der Waals surface area contributed by atoms with Crippen molar-refractivity contribution in [2.45, 2.75) is 27.3 Å². The Kier molecular flexibility index (Phi) is 6.19. The van der Waals surface area contributed by atoms with Gasteiger partial charge in [-0.25, -0.2) is 0 Å². The first kappa shape index (κ1) is 18.8. The van der Waals surface area contributed by atoms with Gasteiger partial charge in [-0.05, 0) is 55.5 Å². The number of thiazole rings is 1. The van der Waals surface area contributed by atoms with E-state index < -0.39 is 0 Å². The van der Waals surface area contributed by atoms with Gasteiger partial charge in [0.25, 0.3) is 5.91 Å². The number of carbonyl (C=O) groups excluding carboxylic acids is 1. The molecule has 3 aromatic rings. The molecule has 26 heavy (non-hydrogen) atoms. The maximum atomic E-state index is 12.3. The van der Waals surface area contributed by atoms with Gasteiger partial charge in [0.15, 0.2) is 4.80 Å². The van der Waals surface area contributed by atoms with Crippen LogP contribution in [-0.4, -0.2) is 23.7 Å². The fourth-order valence-electron chi connectivity index (χ4n) is 2.79. The lowest BCUT2D eigenvalue weighted by Crippen LogP contribution is -2.19. The number of rotatable bonds is 6. The van der Waals surface area contributed by atoms with Crippen molar-refractivity contribution in [1.82, 2.24) is 4.57 Å². The molecule has 3 rings (SSSR count). The monoisotopic (exact) mass is 386 g/mol. The molecule has 2 heterocycles. The second-order valence-electron chi connectivity index (χ2n) is 5.96. The zero-order chi connectivity index (χ0) is 18.5. The van der Waals surface area contributed by atoms with Crippen molar-refractivity contribution in [3.8, 4) is 0 Å². The summed E-state index contributed by atoms with van der Waals surface area (Å²) in [5, 5.41) is 1.99. The molecule has 4 nitrogen and oxygen atoms in total. The van der Waals surface area contributed by atoms with Crippen LogP contribution in [0.2, 0.25) is 0 Å². The van der Waals surface area contributed by atoms with Crippen LogP contribution in [0.4, 0.5) is 0 Å². The first-order valence-corrected chi connectivity index (χ1v) is 10.3. The van der Waals surface area contributed by atoms with Crippen LogP contribution in [0.15, 0.2) is 40.7 Å². The minimum atomic E-state index is -0.246. The van der Waals surface area contributed by atoms with E-state index in [4.69, 9.17) is 4.74 Å². The number of fused-ring (bicyclic) bond motifs is 1. The summed E-state index contributed by atoms with van der Waals surface area (Å²) < 4.78 is 8.77. The number of nitrogens with zero attached hydrogens (tertiary/aromatic N) is 2. The highest BCUT2D eigenvalue weighted by Gasteiger charge is 2.10. The molecule has 0 aliphatic heterocycles. The Labute approximate surface area is 161 Å². The molecule has 6 heteroatoms. The summed E-state index contributed by atoms with van der Waals surface area (Å²) in [6.45, 7) is 8.12. The lowest BCUT2D eigenvalue weighted by Gasteiger charge is -2.06. The zero-order valence-corrected chi connectivity index (χ0v) is 16.8. The number of thiophene rings is 1. The largest absolute Gasteiger partial charge is 0.380 e. The maximum absolute atomic E-state index is 12.3. The molecule has 0 saturated heterocycles. The van der Waals surface area contributed by atoms with Crippen LogP contribution < -0.4 is 4.80 Å². The summed E-state index contributed by atoms with van der Waals surface area (Å²) in [6.07, 6.45) is 3.34. The van der Waals surface area contributed by atoms with Crippen molar-refractivity contribution in [2.24, 2.45) is 4.99 Å². The van der Waals surface area contributed by atoms with Crippen LogP contribution in [-0.2, 0) is 16.1 Å². The summed E-state index contributed by atoms with van der Waals surface area (Å²) >= 11 is 3.15. The summed E-state index contributed by atoms with van der Waals surface area (Å²) in [4.78, 5) is 18.4. The summed E-state index contributed by atoms with van der Waals surface area (Å²) in [6, 6.07) is 8.25. The third-order valence-corrected chi connectivity index (χ3v) is 5.98. The van der Waals surface area contributed by atoms with E-state index >= 15 is 0 Å². The number of carbonyl (C=O) groups is 1. The topological polar surface area (TPSA) is 43.6 Å². The van der Waals surface area contributed by atoms with Crippen LogP contribution in [0.1, 0.15) is 22.9 Å². The zero-order valence-electron chi connectivity index (χ0n) is 15.2. The van der Waals surface area contributed by atoms with Crippen LogP contribution >= 0.6 is 22.7 Å². The van der Waals surface area contributed by atoms with E-state index in [1.807, 2.05) is 30.5 Å². The van der Waals surface area contributed by atoms with Gasteiger partial charge in [0.2, 0.25) is 0 Å².